The molecule has 2 heteroatoms. The minimum absolute atomic E-state index is 1.04. The molecule has 0 amide bonds. The first-order valence-electron chi connectivity index (χ1n) is 6.03. The van der Waals surface area contributed by atoms with Crippen molar-refractivity contribution in [2.24, 2.45) is 0 Å². The third-order valence-corrected chi connectivity index (χ3v) is 3.15. The van der Waals surface area contributed by atoms with Gasteiger partial charge in [0.15, 0.2) is 0 Å². The number of aromatic nitrogens is 2. The second-order valence-corrected chi connectivity index (χ2v) is 4.50. The van der Waals surface area contributed by atoms with Crippen molar-refractivity contribution in [2.75, 3.05) is 0 Å². The van der Waals surface area contributed by atoms with Gasteiger partial charge in [0.1, 0.15) is 0 Å². The van der Waals surface area contributed by atoms with Crippen molar-refractivity contribution in [3.05, 3.63) is 60.0 Å². The van der Waals surface area contributed by atoms with Gasteiger partial charge in [-0.15, -0.1) is 0 Å². The van der Waals surface area contributed by atoms with E-state index in [2.05, 4.69) is 40.3 Å². The number of hydrogen-bond acceptors (Lipinski definition) is 2. The molecule has 0 aliphatic rings. The molecule has 3 aromatic rings. The molecule has 0 fully saturated rings. The highest BCUT2D eigenvalue weighted by atomic mass is 14.7. The number of aryl methyl sites for hydroxylation is 2. The fourth-order valence-electron chi connectivity index (χ4n) is 2.18. The highest BCUT2D eigenvalue weighted by molar-refractivity contribution is 5.84. The number of rotatable bonds is 1. The van der Waals surface area contributed by atoms with Crippen LogP contribution in [0.25, 0.3) is 22.0 Å². The van der Waals surface area contributed by atoms with Crippen LogP contribution in [0.3, 0.4) is 0 Å². The fraction of sp³-hybridized carbons (Fsp3) is 0.125. The second kappa shape index (κ2) is 4.22. The molecule has 0 aliphatic heterocycles. The third kappa shape index (κ3) is 1.86. The molecular weight excluding hydrogens is 220 g/mol. The molecule has 3 rings (SSSR count). The molecular formula is C16H14N2. The normalized spacial score (nSPS) is 10.8. The molecule has 1 aromatic carbocycles. The SMILES string of the molecule is Cc1ccc2cc(-c3cccnc3C)ccc2n1. The van der Waals surface area contributed by atoms with E-state index in [1.165, 1.54) is 16.5 Å². The van der Waals surface area contributed by atoms with Crippen molar-refractivity contribution in [3.8, 4) is 11.1 Å². The summed E-state index contributed by atoms with van der Waals surface area (Å²) in [6.45, 7) is 4.05. The molecule has 0 N–H and O–H groups in total. The Labute approximate surface area is 106 Å². The summed E-state index contributed by atoms with van der Waals surface area (Å²) < 4.78 is 0. The van der Waals surface area contributed by atoms with Crippen molar-refractivity contribution in [2.45, 2.75) is 13.8 Å². The average Bonchev–Trinajstić information content (AvgIpc) is 2.39. The number of fused-ring (bicyclic) bond motifs is 1. The molecule has 2 aromatic heterocycles. The smallest absolute Gasteiger partial charge is 0.0705 e. The molecule has 0 atom stereocenters. The molecule has 0 aliphatic carbocycles. The lowest BCUT2D eigenvalue weighted by Gasteiger charge is -2.06. The summed E-state index contributed by atoms with van der Waals surface area (Å²) in [4.78, 5) is 8.85. The quantitative estimate of drug-likeness (QED) is 0.638. The van der Waals surface area contributed by atoms with E-state index in [-0.39, 0.29) is 0 Å². The Morgan fingerprint density at radius 2 is 1.83 bits per heavy atom. The van der Waals surface area contributed by atoms with Gasteiger partial charge < -0.3 is 0 Å². The van der Waals surface area contributed by atoms with Crippen LogP contribution in [0.5, 0.6) is 0 Å². The number of hydrogen-bond donors (Lipinski definition) is 0. The van der Waals surface area contributed by atoms with Gasteiger partial charge in [-0.1, -0.05) is 18.2 Å². The van der Waals surface area contributed by atoms with Crippen LogP contribution in [0.15, 0.2) is 48.7 Å². The zero-order valence-corrected chi connectivity index (χ0v) is 10.5. The van der Waals surface area contributed by atoms with Crippen molar-refractivity contribution in [1.82, 2.24) is 9.97 Å². The summed E-state index contributed by atoms with van der Waals surface area (Å²) in [5.74, 6) is 0. The monoisotopic (exact) mass is 234 g/mol. The molecule has 0 saturated heterocycles. The molecule has 0 spiro atoms. The Bertz CT molecular complexity index is 717. The Balaban J connectivity index is 2.20. The third-order valence-electron chi connectivity index (χ3n) is 3.15. The highest BCUT2D eigenvalue weighted by Crippen LogP contribution is 2.25. The summed E-state index contributed by atoms with van der Waals surface area (Å²) in [7, 11) is 0. The van der Waals surface area contributed by atoms with Gasteiger partial charge >= 0.3 is 0 Å². The number of benzene rings is 1. The van der Waals surface area contributed by atoms with E-state index < -0.39 is 0 Å². The molecule has 18 heavy (non-hydrogen) atoms. The Kier molecular flexibility index (Phi) is 2.56. The van der Waals surface area contributed by atoms with E-state index in [4.69, 9.17) is 0 Å². The van der Waals surface area contributed by atoms with Crippen molar-refractivity contribution in [1.29, 1.82) is 0 Å². The molecule has 2 heterocycles. The first-order valence-corrected chi connectivity index (χ1v) is 6.03. The van der Waals surface area contributed by atoms with E-state index >= 15 is 0 Å². The van der Waals surface area contributed by atoms with Crippen LogP contribution in [-0.2, 0) is 0 Å². The van der Waals surface area contributed by atoms with Crippen LogP contribution in [0, 0.1) is 13.8 Å². The Morgan fingerprint density at radius 1 is 0.944 bits per heavy atom. The first kappa shape index (κ1) is 10.9. The average molecular weight is 234 g/mol. The summed E-state index contributed by atoms with van der Waals surface area (Å²) in [6.07, 6.45) is 1.82. The second-order valence-electron chi connectivity index (χ2n) is 4.50. The van der Waals surface area contributed by atoms with E-state index in [1.54, 1.807) is 0 Å². The number of nitrogens with zero attached hydrogens (tertiary/aromatic N) is 2. The summed E-state index contributed by atoms with van der Waals surface area (Å²) >= 11 is 0. The van der Waals surface area contributed by atoms with Gasteiger partial charge in [0.25, 0.3) is 0 Å². The van der Waals surface area contributed by atoms with Gasteiger partial charge in [-0.3, -0.25) is 9.97 Å². The van der Waals surface area contributed by atoms with Gasteiger partial charge in [0.2, 0.25) is 0 Å². The van der Waals surface area contributed by atoms with Gasteiger partial charge in [-0.2, -0.15) is 0 Å². The zero-order valence-electron chi connectivity index (χ0n) is 10.5. The van der Waals surface area contributed by atoms with Crippen LogP contribution in [0.4, 0.5) is 0 Å². The van der Waals surface area contributed by atoms with E-state index in [0.717, 1.165) is 16.9 Å². The van der Waals surface area contributed by atoms with Gasteiger partial charge in [-0.25, -0.2) is 0 Å². The highest BCUT2D eigenvalue weighted by Gasteiger charge is 2.03. The van der Waals surface area contributed by atoms with Crippen molar-refractivity contribution < 1.29 is 0 Å². The van der Waals surface area contributed by atoms with Gasteiger partial charge in [-0.05, 0) is 43.7 Å². The van der Waals surface area contributed by atoms with E-state index in [9.17, 15) is 0 Å². The lowest BCUT2D eigenvalue weighted by Crippen LogP contribution is -1.88. The van der Waals surface area contributed by atoms with Crippen molar-refractivity contribution >= 4 is 10.9 Å². The van der Waals surface area contributed by atoms with Crippen molar-refractivity contribution in [3.63, 3.8) is 0 Å². The van der Waals surface area contributed by atoms with Crippen LogP contribution in [0.1, 0.15) is 11.4 Å². The van der Waals surface area contributed by atoms with Gasteiger partial charge in [0.05, 0.1) is 5.52 Å². The van der Waals surface area contributed by atoms with Gasteiger partial charge in [0, 0.05) is 28.5 Å². The first-order chi connectivity index (χ1) is 8.74. The number of pyridine rings is 2. The van der Waals surface area contributed by atoms with Crippen LogP contribution >= 0.6 is 0 Å². The van der Waals surface area contributed by atoms with Crippen LogP contribution in [0.2, 0.25) is 0 Å². The van der Waals surface area contributed by atoms with E-state index in [0.29, 0.717) is 0 Å². The fourth-order valence-corrected chi connectivity index (χ4v) is 2.18. The molecule has 88 valence electrons. The maximum Gasteiger partial charge on any atom is 0.0705 e. The molecule has 0 unspecified atom stereocenters. The van der Waals surface area contributed by atoms with Crippen LogP contribution in [-0.4, -0.2) is 9.97 Å². The predicted molar refractivity (Wildman–Crippen MR) is 74.4 cm³/mol. The topological polar surface area (TPSA) is 25.8 Å². The maximum absolute atomic E-state index is 4.52. The minimum Gasteiger partial charge on any atom is -0.261 e. The Hall–Kier alpha value is -2.22. The lowest BCUT2D eigenvalue weighted by atomic mass is 10.0. The molecule has 0 radical (unpaired) electrons. The van der Waals surface area contributed by atoms with Crippen LogP contribution < -0.4 is 0 Å². The largest absolute Gasteiger partial charge is 0.261 e. The Morgan fingerprint density at radius 3 is 2.67 bits per heavy atom. The predicted octanol–water partition coefficient (Wildman–Crippen LogP) is 3.91. The standard InChI is InChI=1S/C16H14N2/c1-11-5-6-14-10-13(7-8-16(14)18-11)15-4-3-9-17-12(15)2/h3-10H,1-2H3. The zero-order chi connectivity index (χ0) is 12.5. The summed E-state index contributed by atoms with van der Waals surface area (Å²) in [6, 6.07) is 14.6. The summed E-state index contributed by atoms with van der Waals surface area (Å²) in [5, 5.41) is 1.17. The molecule has 2 nitrogen and oxygen atoms in total. The lowest BCUT2D eigenvalue weighted by molar-refractivity contribution is 1.20. The maximum atomic E-state index is 4.52. The van der Waals surface area contributed by atoms with E-state index in [1.807, 2.05) is 32.2 Å². The summed E-state index contributed by atoms with van der Waals surface area (Å²) in [5.41, 5.74) is 5.52. The minimum atomic E-state index is 1.04. The molecule has 0 bridgehead atoms. The molecule has 0 saturated carbocycles.